The molecule has 0 bridgehead atoms. The number of anilines is 3. The predicted octanol–water partition coefficient (Wildman–Crippen LogP) is 4.28. The minimum Gasteiger partial charge on any atom is -0.494 e. The van der Waals surface area contributed by atoms with Crippen LogP contribution in [-0.2, 0) is 15.8 Å². The molecule has 0 radical (unpaired) electrons. The Morgan fingerprint density at radius 1 is 1.13 bits per heavy atom. The fourth-order valence-electron chi connectivity index (χ4n) is 3.20. The minimum atomic E-state index is -4.43. The second-order valence-corrected chi connectivity index (χ2v) is 6.97. The third-order valence-electron chi connectivity index (χ3n) is 4.80. The van der Waals surface area contributed by atoms with Gasteiger partial charge in [0.1, 0.15) is 11.8 Å². The molecular weight excluding hydrogens is 399 g/mol. The highest BCUT2D eigenvalue weighted by atomic mass is 19.4. The van der Waals surface area contributed by atoms with Crippen LogP contribution in [0, 0.1) is 0 Å². The zero-order valence-electron chi connectivity index (χ0n) is 16.5. The summed E-state index contributed by atoms with van der Waals surface area (Å²) >= 11 is 0. The number of hydrogen-bond donors (Lipinski definition) is 2. The first kappa shape index (κ1) is 21.5. The highest BCUT2D eigenvalue weighted by Gasteiger charge is 2.30. The number of amides is 2. The third kappa shape index (κ3) is 4.84. The molecule has 0 aliphatic carbocycles. The van der Waals surface area contributed by atoms with Crippen LogP contribution >= 0.6 is 0 Å². The number of hydrogen-bond acceptors (Lipinski definition) is 4. The van der Waals surface area contributed by atoms with E-state index in [1.165, 1.54) is 19.2 Å². The van der Waals surface area contributed by atoms with Crippen LogP contribution in [0.5, 0.6) is 5.75 Å². The predicted molar refractivity (Wildman–Crippen MR) is 108 cm³/mol. The quantitative estimate of drug-likeness (QED) is 0.731. The molecule has 30 heavy (non-hydrogen) atoms. The molecule has 6 nitrogen and oxygen atoms in total. The summed E-state index contributed by atoms with van der Waals surface area (Å²) in [4.78, 5) is 26.0. The Kier molecular flexibility index (Phi) is 6.19. The Morgan fingerprint density at radius 3 is 2.37 bits per heavy atom. The van der Waals surface area contributed by atoms with Crippen molar-refractivity contribution in [2.45, 2.75) is 32.0 Å². The zero-order chi connectivity index (χ0) is 21.9. The number of nitrogens with zero attached hydrogens (tertiary/aromatic N) is 1. The Hall–Kier alpha value is -3.23. The summed E-state index contributed by atoms with van der Waals surface area (Å²) in [7, 11) is 1.50. The van der Waals surface area contributed by atoms with E-state index >= 15 is 0 Å². The fraction of sp³-hybridized carbons (Fsp3) is 0.333. The Bertz CT molecular complexity index is 929. The lowest BCUT2D eigenvalue weighted by atomic mass is 10.2. The first-order chi connectivity index (χ1) is 14.2. The summed E-state index contributed by atoms with van der Waals surface area (Å²) in [6.45, 7) is 2.26. The second kappa shape index (κ2) is 8.64. The SMILES string of the molecule is COc1cc(N[C@H](C)C(=O)Nc2ccc(C(F)(F)F)cc2)ccc1N1CCCC1=O. The number of methoxy groups -OCH3 is 1. The van der Waals surface area contributed by atoms with Gasteiger partial charge in [0.2, 0.25) is 11.8 Å². The first-order valence-electron chi connectivity index (χ1n) is 9.42. The van der Waals surface area contributed by atoms with Gasteiger partial charge >= 0.3 is 6.18 Å². The lowest BCUT2D eigenvalue weighted by Gasteiger charge is -2.21. The number of carbonyl (C=O) groups excluding carboxylic acids is 2. The molecule has 1 heterocycles. The molecule has 1 saturated heterocycles. The first-order valence-corrected chi connectivity index (χ1v) is 9.42. The number of rotatable bonds is 6. The van der Waals surface area contributed by atoms with Gasteiger partial charge in [0.05, 0.1) is 18.4 Å². The van der Waals surface area contributed by atoms with Crippen molar-refractivity contribution in [2.24, 2.45) is 0 Å². The van der Waals surface area contributed by atoms with Crippen molar-refractivity contribution in [3.05, 3.63) is 48.0 Å². The van der Waals surface area contributed by atoms with E-state index in [9.17, 15) is 22.8 Å². The van der Waals surface area contributed by atoms with E-state index < -0.39 is 23.7 Å². The van der Waals surface area contributed by atoms with E-state index in [4.69, 9.17) is 4.74 Å². The molecule has 3 rings (SSSR count). The number of ether oxygens (including phenoxy) is 1. The summed E-state index contributed by atoms with van der Waals surface area (Å²) < 4.78 is 43.3. The molecule has 2 amide bonds. The van der Waals surface area contributed by atoms with Crippen LogP contribution in [0.25, 0.3) is 0 Å². The standard InChI is InChI=1S/C21H22F3N3O3/c1-13(20(29)26-15-7-5-14(6-8-15)21(22,23)24)25-16-9-10-17(18(12-16)30-2)27-11-3-4-19(27)28/h5-10,12-13,25H,3-4,11H2,1-2H3,(H,26,29)/t13-/m1/s1. The van der Waals surface area contributed by atoms with Gasteiger partial charge in [-0.2, -0.15) is 13.2 Å². The second-order valence-electron chi connectivity index (χ2n) is 6.97. The highest BCUT2D eigenvalue weighted by Crippen LogP contribution is 2.34. The van der Waals surface area contributed by atoms with E-state index in [-0.39, 0.29) is 11.6 Å². The van der Waals surface area contributed by atoms with Crippen LogP contribution in [0.3, 0.4) is 0 Å². The molecule has 0 aromatic heterocycles. The van der Waals surface area contributed by atoms with Gasteiger partial charge in [-0.1, -0.05) is 0 Å². The normalized spacial score (nSPS) is 15.1. The third-order valence-corrected chi connectivity index (χ3v) is 4.80. The van der Waals surface area contributed by atoms with Crippen molar-refractivity contribution in [3.8, 4) is 5.75 Å². The lowest BCUT2D eigenvalue weighted by Crippen LogP contribution is -2.32. The van der Waals surface area contributed by atoms with Crippen LogP contribution in [0.2, 0.25) is 0 Å². The van der Waals surface area contributed by atoms with Crippen molar-refractivity contribution in [1.29, 1.82) is 0 Å². The van der Waals surface area contributed by atoms with E-state index in [1.54, 1.807) is 30.0 Å². The molecule has 0 unspecified atom stereocenters. The largest absolute Gasteiger partial charge is 0.494 e. The summed E-state index contributed by atoms with van der Waals surface area (Å²) in [6, 6.07) is 8.76. The lowest BCUT2D eigenvalue weighted by molar-refractivity contribution is -0.137. The number of halogens is 3. The Balaban J connectivity index is 1.65. The van der Waals surface area contributed by atoms with Crippen LogP contribution < -0.4 is 20.3 Å². The van der Waals surface area contributed by atoms with Crippen molar-refractivity contribution < 1.29 is 27.5 Å². The number of alkyl halides is 3. The maximum absolute atomic E-state index is 12.6. The summed E-state index contributed by atoms with van der Waals surface area (Å²) in [6.07, 6.45) is -3.13. The van der Waals surface area contributed by atoms with Crippen molar-refractivity contribution in [2.75, 3.05) is 29.2 Å². The van der Waals surface area contributed by atoms with Crippen LogP contribution in [0.4, 0.5) is 30.2 Å². The van der Waals surface area contributed by atoms with Gasteiger partial charge in [0.15, 0.2) is 0 Å². The minimum absolute atomic E-state index is 0.0401. The van der Waals surface area contributed by atoms with Crippen molar-refractivity contribution in [1.82, 2.24) is 0 Å². The molecule has 1 atom stereocenters. The van der Waals surface area contributed by atoms with E-state index in [0.29, 0.717) is 30.1 Å². The van der Waals surface area contributed by atoms with Crippen molar-refractivity contribution >= 4 is 28.9 Å². The van der Waals surface area contributed by atoms with E-state index in [2.05, 4.69) is 10.6 Å². The Labute approximate surface area is 172 Å². The van der Waals surface area contributed by atoms with E-state index in [1.807, 2.05) is 0 Å². The molecule has 2 N–H and O–H groups in total. The maximum atomic E-state index is 12.6. The molecular formula is C21H22F3N3O3. The van der Waals surface area contributed by atoms with Gasteiger partial charge in [-0.15, -0.1) is 0 Å². The summed E-state index contributed by atoms with van der Waals surface area (Å²) in [5.41, 5.74) is 0.766. The van der Waals surface area contributed by atoms with Gasteiger partial charge in [0.25, 0.3) is 0 Å². The average Bonchev–Trinajstić information content (AvgIpc) is 3.13. The fourth-order valence-corrected chi connectivity index (χ4v) is 3.20. The van der Waals surface area contributed by atoms with Gasteiger partial charge < -0.3 is 20.3 Å². The molecule has 160 valence electrons. The molecule has 0 spiro atoms. The van der Waals surface area contributed by atoms with Crippen LogP contribution in [0.15, 0.2) is 42.5 Å². The molecule has 1 aliphatic heterocycles. The smallest absolute Gasteiger partial charge is 0.416 e. The summed E-state index contributed by atoms with van der Waals surface area (Å²) in [5, 5.41) is 5.60. The molecule has 9 heteroatoms. The average molecular weight is 421 g/mol. The zero-order valence-corrected chi connectivity index (χ0v) is 16.5. The maximum Gasteiger partial charge on any atom is 0.416 e. The summed E-state index contributed by atoms with van der Waals surface area (Å²) in [5.74, 6) is 0.136. The number of benzene rings is 2. The Morgan fingerprint density at radius 2 is 1.80 bits per heavy atom. The molecule has 0 saturated carbocycles. The monoisotopic (exact) mass is 421 g/mol. The van der Waals surface area contributed by atoms with Gasteiger partial charge in [-0.05, 0) is 49.7 Å². The molecule has 2 aromatic carbocycles. The van der Waals surface area contributed by atoms with Crippen LogP contribution in [0.1, 0.15) is 25.3 Å². The van der Waals surface area contributed by atoms with Gasteiger partial charge in [-0.25, -0.2) is 0 Å². The van der Waals surface area contributed by atoms with Crippen LogP contribution in [-0.4, -0.2) is 31.5 Å². The van der Waals surface area contributed by atoms with Crippen molar-refractivity contribution in [3.63, 3.8) is 0 Å². The number of carbonyl (C=O) groups is 2. The van der Waals surface area contributed by atoms with Gasteiger partial charge in [0, 0.05) is 30.4 Å². The molecule has 1 aliphatic rings. The number of nitrogens with one attached hydrogen (secondary N) is 2. The van der Waals surface area contributed by atoms with Gasteiger partial charge in [-0.3, -0.25) is 9.59 Å². The topological polar surface area (TPSA) is 70.7 Å². The molecule has 1 fully saturated rings. The van der Waals surface area contributed by atoms with E-state index in [0.717, 1.165) is 18.6 Å². The molecule has 2 aromatic rings. The highest BCUT2D eigenvalue weighted by molar-refractivity contribution is 5.98.